The maximum Gasteiger partial charge on any atom is 0.346 e. The van der Waals surface area contributed by atoms with Crippen LogP contribution in [-0.4, -0.2) is 127 Å². The summed E-state index contributed by atoms with van der Waals surface area (Å²) in [6, 6.07) is 6.12. The van der Waals surface area contributed by atoms with Crippen LogP contribution in [0, 0.1) is 0 Å². The van der Waals surface area contributed by atoms with Gasteiger partial charge in [-0.1, -0.05) is 0 Å². The molecular formula is C48H42N12O16+4. The molecule has 386 valence electrons. The number of carboxylic acids is 8. The maximum atomic E-state index is 12.4. The number of aromatic nitrogens is 12. The number of imidazole rings is 4. The fourth-order valence-corrected chi connectivity index (χ4v) is 9.35. The summed E-state index contributed by atoms with van der Waals surface area (Å²) in [5, 5.41) is 81.0. The van der Waals surface area contributed by atoms with E-state index in [0.717, 1.165) is 0 Å². The fourth-order valence-electron chi connectivity index (χ4n) is 9.35. The molecule has 2 aliphatic rings. The van der Waals surface area contributed by atoms with Crippen molar-refractivity contribution >= 4 is 94.1 Å². The molecule has 9 heterocycles. The van der Waals surface area contributed by atoms with Crippen LogP contribution in [0.3, 0.4) is 0 Å². The quantitative estimate of drug-likeness (QED) is 0.0461. The van der Waals surface area contributed by atoms with E-state index in [-0.39, 0.29) is 90.4 Å². The van der Waals surface area contributed by atoms with Crippen molar-refractivity contribution < 1.29 is 97.5 Å². The highest BCUT2D eigenvalue weighted by atomic mass is 16.4. The molecule has 8 bridgehead atoms. The summed E-state index contributed by atoms with van der Waals surface area (Å²) in [6.45, 7) is -5.53. The molecular weight excluding hydrogens is 1000 g/mol. The largest absolute Gasteiger partial charge is 0.478 e. The third-order valence-corrected chi connectivity index (χ3v) is 12.0. The predicted octanol–water partition coefficient (Wildman–Crippen LogP) is 0.356. The molecule has 0 saturated carbocycles. The number of hydrogen-bond donors (Lipinski definition) is 10. The summed E-state index contributed by atoms with van der Waals surface area (Å²) < 4.78 is 10.1. The first-order chi connectivity index (χ1) is 36.2. The van der Waals surface area contributed by atoms with Gasteiger partial charge in [0, 0.05) is 0 Å². The predicted molar refractivity (Wildman–Crippen MR) is 254 cm³/mol. The molecule has 7 aromatic heterocycles. The van der Waals surface area contributed by atoms with Crippen molar-refractivity contribution in [2.24, 2.45) is 0 Å². The lowest BCUT2D eigenvalue weighted by Gasteiger charge is -2.07. The number of aromatic amines is 2. The number of fused-ring (bicyclic) bond motifs is 8. The van der Waals surface area contributed by atoms with Gasteiger partial charge in [0.1, 0.15) is 71.8 Å². The lowest BCUT2D eigenvalue weighted by Crippen LogP contribution is -2.39. The summed E-state index contributed by atoms with van der Waals surface area (Å²) in [5.41, 5.74) is 1.03. The van der Waals surface area contributed by atoms with Crippen LogP contribution >= 0.6 is 0 Å². The molecule has 0 fully saturated rings. The molecule has 28 heteroatoms. The smallest absolute Gasteiger partial charge is 0.346 e. The normalized spacial score (nSPS) is 11.8. The zero-order valence-corrected chi connectivity index (χ0v) is 39.2. The molecule has 0 spiro atoms. The Morgan fingerprint density at radius 3 is 0.750 bits per heavy atom. The van der Waals surface area contributed by atoms with Crippen LogP contribution in [0.2, 0.25) is 0 Å². The van der Waals surface area contributed by atoms with Gasteiger partial charge in [0.2, 0.25) is 0 Å². The fraction of sp³-hybridized carbons (Fsp3) is 0.167. The van der Waals surface area contributed by atoms with Gasteiger partial charge in [-0.25, -0.2) is 84.9 Å². The number of hydrogen-bond acceptors (Lipinski definition) is 10. The summed E-state index contributed by atoms with van der Waals surface area (Å²) in [4.78, 5) is 116. The molecule has 2 aliphatic heterocycles. The summed E-state index contributed by atoms with van der Waals surface area (Å²) in [5.74, 6) is -10.5. The van der Waals surface area contributed by atoms with Crippen molar-refractivity contribution in [2.75, 3.05) is 0 Å². The molecule has 0 atom stereocenters. The Hall–Kier alpha value is -10.8. The number of H-pyrrole nitrogens is 2. The van der Waals surface area contributed by atoms with Gasteiger partial charge >= 0.3 is 47.8 Å². The van der Waals surface area contributed by atoms with E-state index in [0.29, 0.717) is 0 Å². The zero-order valence-electron chi connectivity index (χ0n) is 39.2. The molecule has 0 amide bonds. The first kappa shape index (κ1) is 50.2. The Morgan fingerprint density at radius 2 is 0.566 bits per heavy atom. The van der Waals surface area contributed by atoms with Gasteiger partial charge < -0.3 is 50.8 Å². The Kier molecular flexibility index (Phi) is 13.2. The SMILES string of the molecule is O=C(O)Cn1cc[n+](CC(=O)O)c1-c1c2nc(c(-c3n(CC(=O)O)cc[n+]3CC(=O)O)c3ccc([nH]3)c(-c3n(CC(=O)O)cc[n+]3CC(=O)O)c3nc(c(-c4n(CC(=O)O)cc[n+]4CC(=O)O)c4ccc1[nH]4)C=C3)C=C2. The highest BCUT2D eigenvalue weighted by Gasteiger charge is 2.35. The monoisotopic (exact) mass is 1040 g/mol. The van der Waals surface area contributed by atoms with Crippen molar-refractivity contribution in [2.45, 2.75) is 52.4 Å². The van der Waals surface area contributed by atoms with Crippen LogP contribution in [0.25, 0.3) is 91.9 Å². The molecule has 28 nitrogen and oxygen atoms in total. The van der Waals surface area contributed by atoms with E-state index >= 15 is 0 Å². The van der Waals surface area contributed by atoms with Crippen molar-refractivity contribution in [1.29, 1.82) is 0 Å². The second-order valence-corrected chi connectivity index (χ2v) is 17.2. The number of nitrogens with zero attached hydrogens (tertiary/aromatic N) is 10. The average molecular weight is 1040 g/mol. The van der Waals surface area contributed by atoms with Gasteiger partial charge in [0.05, 0.1) is 44.8 Å². The van der Waals surface area contributed by atoms with Crippen LogP contribution < -0.4 is 18.3 Å². The minimum absolute atomic E-state index is 0.00777. The van der Waals surface area contributed by atoms with Crippen LogP contribution in [0.4, 0.5) is 0 Å². The van der Waals surface area contributed by atoms with Gasteiger partial charge in [-0.15, -0.1) is 0 Å². The van der Waals surface area contributed by atoms with E-state index in [4.69, 9.17) is 9.97 Å². The van der Waals surface area contributed by atoms with E-state index in [2.05, 4.69) is 9.97 Å². The van der Waals surface area contributed by atoms with Gasteiger partial charge in [-0.3, -0.25) is 0 Å². The van der Waals surface area contributed by atoms with Gasteiger partial charge in [0.25, 0.3) is 23.3 Å². The Morgan fingerprint density at radius 1 is 0.355 bits per heavy atom. The van der Waals surface area contributed by atoms with Crippen LogP contribution in [0.15, 0.2) is 73.8 Å². The van der Waals surface area contributed by atoms with Crippen LogP contribution in [0.5, 0.6) is 0 Å². The molecule has 7 aromatic rings. The number of carboxylic acid groups (broad SMARTS) is 8. The van der Waals surface area contributed by atoms with Crippen molar-refractivity contribution in [3.63, 3.8) is 0 Å². The minimum Gasteiger partial charge on any atom is -0.478 e. The number of rotatable bonds is 20. The average Bonchev–Trinajstić information content (AvgIpc) is 4.20. The van der Waals surface area contributed by atoms with Crippen molar-refractivity contribution in [1.82, 2.24) is 38.2 Å². The first-order valence-corrected chi connectivity index (χ1v) is 22.5. The molecule has 0 unspecified atom stereocenters. The van der Waals surface area contributed by atoms with E-state index in [9.17, 15) is 79.2 Å². The van der Waals surface area contributed by atoms with E-state index in [1.807, 2.05) is 0 Å². The number of nitrogens with one attached hydrogen (secondary N) is 2. The van der Waals surface area contributed by atoms with Gasteiger partial charge in [0.15, 0.2) is 52.4 Å². The topological polar surface area (TPSA) is 391 Å². The Labute approximate surface area is 423 Å². The van der Waals surface area contributed by atoms with Gasteiger partial charge in [-0.05, 0) is 48.6 Å². The lowest BCUT2D eigenvalue weighted by atomic mass is 10.1. The second kappa shape index (κ2) is 20.0. The number of aliphatic carboxylic acids is 8. The minimum atomic E-state index is -1.31. The van der Waals surface area contributed by atoms with Crippen LogP contribution in [0.1, 0.15) is 22.8 Å². The molecule has 0 aliphatic carbocycles. The van der Waals surface area contributed by atoms with E-state index in [1.54, 1.807) is 0 Å². The second-order valence-electron chi connectivity index (χ2n) is 17.2. The third kappa shape index (κ3) is 9.89. The molecule has 9 rings (SSSR count). The van der Waals surface area contributed by atoms with E-state index < -0.39 is 100 Å². The molecule has 76 heavy (non-hydrogen) atoms. The highest BCUT2D eigenvalue weighted by Crippen LogP contribution is 2.37. The van der Waals surface area contributed by atoms with Gasteiger partial charge in [-0.2, -0.15) is 0 Å². The first-order valence-electron chi connectivity index (χ1n) is 22.5. The highest BCUT2D eigenvalue weighted by molar-refractivity contribution is 5.97. The van der Waals surface area contributed by atoms with Crippen molar-refractivity contribution in [3.8, 4) is 45.6 Å². The third-order valence-electron chi connectivity index (χ3n) is 12.0. The Balaban J connectivity index is 1.55. The zero-order chi connectivity index (χ0) is 54.3. The molecule has 0 aromatic carbocycles. The van der Waals surface area contributed by atoms with Crippen molar-refractivity contribution in [3.05, 3.63) is 96.6 Å². The molecule has 0 saturated heterocycles. The van der Waals surface area contributed by atoms with Crippen LogP contribution in [-0.2, 0) is 90.7 Å². The maximum absolute atomic E-state index is 12.4. The summed E-state index contributed by atoms with van der Waals surface area (Å²) in [7, 11) is 0. The number of carbonyl (C=O) groups is 8. The summed E-state index contributed by atoms with van der Waals surface area (Å²) in [6.07, 6.45) is 16.8. The summed E-state index contributed by atoms with van der Waals surface area (Å²) >= 11 is 0. The standard InChI is InChI=1S/C48H38N12O16/c61-33(62)17-53-9-10-54(18-34(63)64)45(53)41-25-1-2-26(49-25)42(46-55(19-35(65)66)11-12-56(46)20-36(67)68)28-5-6-30(51-28)44(48-59(23-39(73)74)15-16-60(48)24-40(75)76)32-8-7-31(52-32)43(29-4-3-27(41)50-29)47-57(21-37(69)70)13-14-58(47)22-38(71)72/h1-16H,17-24H2,(H6-3,49,50,51,52,61,62,63,64,65,66,67,68,69,70,71,72,73,74,75,76)/p+4. The molecule has 0 radical (unpaired) electrons. The van der Waals surface area contributed by atoms with E-state index in [1.165, 1.54) is 135 Å². The molecule has 10 N–H and O–H groups in total. The Bertz CT molecular complexity index is 3280. The lowest BCUT2D eigenvalue weighted by molar-refractivity contribution is -0.674.